The quantitative estimate of drug-likeness (QED) is 0.624. The van der Waals surface area contributed by atoms with Crippen molar-refractivity contribution in [3.05, 3.63) is 72.4 Å². The molecule has 2 unspecified atom stereocenters. The Kier molecular flexibility index (Phi) is 5.86. The van der Waals surface area contributed by atoms with E-state index in [1.54, 1.807) is 31.2 Å². The van der Waals surface area contributed by atoms with Crippen molar-refractivity contribution in [1.29, 1.82) is 0 Å². The Balaban J connectivity index is 1.78. The Morgan fingerprint density at radius 3 is 2.57 bits per heavy atom. The summed E-state index contributed by atoms with van der Waals surface area (Å²) in [6.45, 7) is 1.80. The summed E-state index contributed by atoms with van der Waals surface area (Å²) in [5.41, 5.74) is 1.92. The van der Waals surface area contributed by atoms with Crippen LogP contribution in [-0.2, 0) is 0 Å². The molecule has 2 atom stereocenters. The lowest BCUT2D eigenvalue weighted by molar-refractivity contribution is -0.274. The fraction of sp³-hybridized carbons (Fsp3) is 0.211. The van der Waals surface area contributed by atoms with Crippen LogP contribution in [0.2, 0.25) is 0 Å². The van der Waals surface area contributed by atoms with Crippen LogP contribution in [-0.4, -0.2) is 26.4 Å². The highest BCUT2D eigenvalue weighted by atomic mass is 19.4. The van der Waals surface area contributed by atoms with E-state index in [0.29, 0.717) is 22.6 Å². The van der Waals surface area contributed by atoms with Crippen LogP contribution in [0.15, 0.2) is 61.1 Å². The molecule has 0 radical (unpaired) electrons. The summed E-state index contributed by atoms with van der Waals surface area (Å²) < 4.78 is 41.2. The van der Waals surface area contributed by atoms with Gasteiger partial charge in [-0.05, 0) is 31.2 Å². The van der Waals surface area contributed by atoms with Crippen molar-refractivity contribution in [2.75, 3.05) is 0 Å². The number of aliphatic hydroxyl groups excluding tert-OH is 1. The van der Waals surface area contributed by atoms with Crippen LogP contribution in [0.1, 0.15) is 30.6 Å². The number of hydrogen-bond donors (Lipinski definition) is 2. The predicted molar refractivity (Wildman–Crippen MR) is 94.9 cm³/mol. The summed E-state index contributed by atoms with van der Waals surface area (Å²) in [7, 11) is 0. The molecule has 0 aliphatic carbocycles. The van der Waals surface area contributed by atoms with Gasteiger partial charge in [-0.3, -0.25) is 20.3 Å². The molecule has 0 saturated heterocycles. The molecule has 28 heavy (non-hydrogen) atoms. The van der Waals surface area contributed by atoms with Gasteiger partial charge >= 0.3 is 6.36 Å². The van der Waals surface area contributed by atoms with Crippen molar-refractivity contribution in [2.24, 2.45) is 0 Å². The van der Waals surface area contributed by atoms with Crippen LogP contribution < -0.4 is 10.1 Å². The number of hydrogen-bond acceptors (Lipinski definition) is 6. The summed E-state index contributed by atoms with van der Waals surface area (Å²) in [5.74, 6) is -0.318. The standard InChI is InChI=1S/C19H17F3N4O2/c1-12(25-18(27)17-11-23-8-9-24-17)15-6-3-7-16(26-15)13-4-2-5-14(10-13)28-19(20,21)22/h2-12,18,25,27H,1H3. The van der Waals surface area contributed by atoms with E-state index < -0.39 is 12.6 Å². The number of aliphatic hydroxyl groups is 1. The molecule has 3 rings (SSSR count). The Morgan fingerprint density at radius 1 is 1.07 bits per heavy atom. The van der Waals surface area contributed by atoms with Crippen LogP contribution in [0.3, 0.4) is 0 Å². The monoisotopic (exact) mass is 390 g/mol. The van der Waals surface area contributed by atoms with Gasteiger partial charge in [0.25, 0.3) is 0 Å². The Morgan fingerprint density at radius 2 is 1.86 bits per heavy atom. The Labute approximate surface area is 159 Å². The minimum absolute atomic E-state index is 0.318. The van der Waals surface area contributed by atoms with Gasteiger partial charge in [-0.2, -0.15) is 0 Å². The average molecular weight is 390 g/mol. The molecule has 2 N–H and O–H groups in total. The molecule has 0 bridgehead atoms. The van der Waals surface area contributed by atoms with Crippen LogP contribution in [0.5, 0.6) is 5.75 Å². The van der Waals surface area contributed by atoms with Crippen molar-refractivity contribution in [1.82, 2.24) is 20.3 Å². The fourth-order valence-corrected chi connectivity index (χ4v) is 2.57. The molecule has 3 aromatic rings. The molecular formula is C19H17F3N4O2. The third-order valence-corrected chi connectivity index (χ3v) is 3.85. The number of nitrogens with one attached hydrogen (secondary N) is 1. The van der Waals surface area contributed by atoms with E-state index in [-0.39, 0.29) is 11.8 Å². The van der Waals surface area contributed by atoms with Gasteiger partial charge in [-0.1, -0.05) is 18.2 Å². The first-order valence-electron chi connectivity index (χ1n) is 8.35. The summed E-state index contributed by atoms with van der Waals surface area (Å²) in [6, 6.07) is 10.4. The maximum absolute atomic E-state index is 12.4. The van der Waals surface area contributed by atoms with E-state index in [4.69, 9.17) is 0 Å². The van der Waals surface area contributed by atoms with Crippen molar-refractivity contribution in [3.8, 4) is 17.0 Å². The molecule has 0 amide bonds. The number of rotatable bonds is 6. The maximum Gasteiger partial charge on any atom is 0.573 e. The van der Waals surface area contributed by atoms with Crippen molar-refractivity contribution in [3.63, 3.8) is 0 Å². The van der Waals surface area contributed by atoms with E-state index in [2.05, 4.69) is 25.0 Å². The molecule has 1 aromatic carbocycles. The molecule has 2 aromatic heterocycles. The summed E-state index contributed by atoms with van der Waals surface area (Å²) in [6.07, 6.45) is -1.39. The highest BCUT2D eigenvalue weighted by Gasteiger charge is 2.31. The molecule has 9 heteroatoms. The second-order valence-electron chi connectivity index (χ2n) is 5.94. The number of nitrogens with zero attached hydrogens (tertiary/aromatic N) is 3. The van der Waals surface area contributed by atoms with Crippen LogP contribution in [0, 0.1) is 0 Å². The second-order valence-corrected chi connectivity index (χ2v) is 5.94. The van der Waals surface area contributed by atoms with Crippen LogP contribution >= 0.6 is 0 Å². The van der Waals surface area contributed by atoms with Crippen molar-refractivity contribution in [2.45, 2.75) is 25.6 Å². The summed E-state index contributed by atoms with van der Waals surface area (Å²) >= 11 is 0. The second kappa shape index (κ2) is 8.32. The van der Waals surface area contributed by atoms with Crippen LogP contribution in [0.4, 0.5) is 13.2 Å². The fourth-order valence-electron chi connectivity index (χ4n) is 2.57. The van der Waals surface area contributed by atoms with Gasteiger partial charge in [-0.15, -0.1) is 13.2 Å². The van der Waals surface area contributed by atoms with Gasteiger partial charge in [0.1, 0.15) is 17.7 Å². The number of benzene rings is 1. The predicted octanol–water partition coefficient (Wildman–Crippen LogP) is 3.78. The largest absolute Gasteiger partial charge is 0.573 e. The molecule has 6 nitrogen and oxygen atoms in total. The molecule has 0 aliphatic rings. The van der Waals surface area contributed by atoms with Gasteiger partial charge < -0.3 is 9.84 Å². The average Bonchev–Trinajstić information content (AvgIpc) is 2.67. The minimum atomic E-state index is -4.76. The molecular weight excluding hydrogens is 373 g/mol. The summed E-state index contributed by atoms with van der Waals surface area (Å²) in [5, 5.41) is 13.2. The molecule has 2 heterocycles. The number of pyridine rings is 1. The zero-order valence-corrected chi connectivity index (χ0v) is 14.8. The molecule has 0 saturated carbocycles. The molecule has 146 valence electrons. The van der Waals surface area contributed by atoms with E-state index in [1.165, 1.54) is 36.8 Å². The number of aromatic nitrogens is 3. The smallest absolute Gasteiger partial charge is 0.406 e. The third-order valence-electron chi connectivity index (χ3n) is 3.85. The SMILES string of the molecule is CC(NC(O)c1cnccn1)c1cccc(-c2cccc(OC(F)(F)F)c2)n1. The lowest BCUT2D eigenvalue weighted by atomic mass is 10.1. The molecule has 0 fully saturated rings. The van der Waals surface area contributed by atoms with Crippen molar-refractivity contribution >= 4 is 0 Å². The van der Waals surface area contributed by atoms with Gasteiger partial charge in [0.05, 0.1) is 17.6 Å². The van der Waals surface area contributed by atoms with Gasteiger partial charge in [-0.25, -0.2) is 0 Å². The third kappa shape index (κ3) is 5.24. The maximum atomic E-state index is 12.4. The van der Waals surface area contributed by atoms with Crippen molar-refractivity contribution < 1.29 is 23.0 Å². The molecule has 0 aliphatic heterocycles. The summed E-state index contributed by atoms with van der Waals surface area (Å²) in [4.78, 5) is 12.4. The molecule has 0 spiro atoms. The number of halogens is 3. The first-order valence-corrected chi connectivity index (χ1v) is 8.35. The van der Waals surface area contributed by atoms with E-state index in [9.17, 15) is 18.3 Å². The lowest BCUT2D eigenvalue weighted by Gasteiger charge is -2.18. The Bertz CT molecular complexity index is 922. The number of ether oxygens (including phenoxy) is 1. The Hall–Kier alpha value is -3.04. The highest BCUT2D eigenvalue weighted by Crippen LogP contribution is 2.28. The minimum Gasteiger partial charge on any atom is -0.406 e. The van der Waals surface area contributed by atoms with Gasteiger partial charge in [0.2, 0.25) is 0 Å². The van der Waals surface area contributed by atoms with Gasteiger partial charge in [0.15, 0.2) is 0 Å². The first-order chi connectivity index (χ1) is 13.3. The van der Waals surface area contributed by atoms with E-state index >= 15 is 0 Å². The lowest BCUT2D eigenvalue weighted by Crippen LogP contribution is -2.25. The number of alkyl halides is 3. The van der Waals surface area contributed by atoms with E-state index in [1.807, 2.05) is 0 Å². The zero-order valence-electron chi connectivity index (χ0n) is 14.8. The first kappa shape index (κ1) is 19.7. The van der Waals surface area contributed by atoms with Gasteiger partial charge in [0, 0.05) is 24.0 Å². The zero-order chi connectivity index (χ0) is 20.1. The van der Waals surface area contributed by atoms with E-state index in [0.717, 1.165) is 0 Å². The topological polar surface area (TPSA) is 80.2 Å². The highest BCUT2D eigenvalue weighted by molar-refractivity contribution is 5.61. The van der Waals surface area contributed by atoms with Crippen LogP contribution in [0.25, 0.3) is 11.3 Å². The normalized spacial score (nSPS) is 13.8.